The predicted molar refractivity (Wildman–Crippen MR) is 56.4 cm³/mol. The van der Waals surface area contributed by atoms with Crippen molar-refractivity contribution < 1.29 is 9.50 Å². The number of hydrogen-bond acceptors (Lipinski definition) is 1. The molecule has 1 N–H and O–H groups in total. The molecule has 0 saturated heterocycles. The van der Waals surface area contributed by atoms with Crippen LogP contribution in [0.25, 0.3) is 0 Å². The van der Waals surface area contributed by atoms with Gasteiger partial charge in [-0.05, 0) is 37.0 Å². The molecule has 3 heteroatoms. The van der Waals surface area contributed by atoms with Gasteiger partial charge in [0.2, 0.25) is 0 Å². The van der Waals surface area contributed by atoms with Gasteiger partial charge < -0.3 is 5.11 Å². The zero-order chi connectivity index (χ0) is 10.6. The number of rotatable bonds is 4. The Labute approximate surface area is 88.5 Å². The molecule has 0 spiro atoms. The average molecular weight is 217 g/mol. The third kappa shape index (κ3) is 2.96. The summed E-state index contributed by atoms with van der Waals surface area (Å²) in [5, 5.41) is 9.24. The van der Waals surface area contributed by atoms with E-state index >= 15 is 0 Å². The molecule has 0 amide bonds. The minimum Gasteiger partial charge on any atom is -0.396 e. The van der Waals surface area contributed by atoms with Crippen LogP contribution in [0.5, 0.6) is 0 Å². The van der Waals surface area contributed by atoms with E-state index in [1.54, 1.807) is 12.1 Å². The molecule has 1 aromatic rings. The second-order valence-electron chi connectivity index (χ2n) is 3.29. The van der Waals surface area contributed by atoms with Gasteiger partial charge in [-0.2, -0.15) is 0 Å². The molecule has 1 aromatic carbocycles. The van der Waals surface area contributed by atoms with Crippen molar-refractivity contribution in [3.8, 4) is 0 Å². The van der Waals surface area contributed by atoms with Crippen molar-refractivity contribution in [1.82, 2.24) is 0 Å². The van der Waals surface area contributed by atoms with E-state index in [4.69, 9.17) is 16.7 Å². The monoisotopic (exact) mass is 216 g/mol. The maximum atomic E-state index is 12.9. The summed E-state index contributed by atoms with van der Waals surface area (Å²) in [6.07, 6.45) is 0.431. The molecule has 1 rings (SSSR count). The van der Waals surface area contributed by atoms with Gasteiger partial charge >= 0.3 is 0 Å². The van der Waals surface area contributed by atoms with Gasteiger partial charge in [0.25, 0.3) is 0 Å². The average Bonchev–Trinajstić information content (AvgIpc) is 2.15. The fraction of sp³-hybridized carbons (Fsp3) is 0.455. The van der Waals surface area contributed by atoms with E-state index in [0.29, 0.717) is 17.0 Å². The van der Waals surface area contributed by atoms with Crippen LogP contribution >= 0.6 is 11.6 Å². The van der Waals surface area contributed by atoms with Crippen molar-refractivity contribution in [2.45, 2.75) is 25.9 Å². The first-order chi connectivity index (χ1) is 6.65. The summed E-state index contributed by atoms with van der Waals surface area (Å²) in [6.45, 7) is 1.64. The highest BCUT2D eigenvalue weighted by Crippen LogP contribution is 2.24. The standard InChI is InChI=1S/C11H14ClFO/c1-8(13)10-5-4-9(3-2-6-14)11(12)7-10/h4-5,7-8,14H,2-3,6H2,1H3. The number of hydrogen-bond donors (Lipinski definition) is 1. The summed E-state index contributed by atoms with van der Waals surface area (Å²) >= 11 is 5.96. The molecule has 1 unspecified atom stereocenters. The molecule has 0 aromatic heterocycles. The number of aliphatic hydroxyl groups is 1. The number of aliphatic hydroxyl groups excluding tert-OH is 1. The fourth-order valence-electron chi connectivity index (χ4n) is 1.28. The molecule has 0 aliphatic rings. The Morgan fingerprint density at radius 2 is 2.21 bits per heavy atom. The highest BCUT2D eigenvalue weighted by Gasteiger charge is 2.06. The Hall–Kier alpha value is -0.600. The lowest BCUT2D eigenvalue weighted by atomic mass is 10.1. The lowest BCUT2D eigenvalue weighted by Gasteiger charge is -2.07. The van der Waals surface area contributed by atoms with Gasteiger partial charge in [-0.3, -0.25) is 0 Å². The van der Waals surface area contributed by atoms with Crippen molar-refractivity contribution in [1.29, 1.82) is 0 Å². The van der Waals surface area contributed by atoms with E-state index in [2.05, 4.69) is 0 Å². The molecule has 14 heavy (non-hydrogen) atoms. The highest BCUT2D eigenvalue weighted by molar-refractivity contribution is 6.31. The molecule has 78 valence electrons. The molecule has 1 nitrogen and oxygen atoms in total. The lowest BCUT2D eigenvalue weighted by molar-refractivity contribution is 0.288. The molecule has 0 aliphatic carbocycles. The molecule has 0 aliphatic heterocycles. The van der Waals surface area contributed by atoms with Crippen molar-refractivity contribution in [3.05, 3.63) is 34.3 Å². The minimum absolute atomic E-state index is 0.150. The normalized spacial score (nSPS) is 12.9. The topological polar surface area (TPSA) is 20.2 Å². The lowest BCUT2D eigenvalue weighted by Crippen LogP contribution is -1.93. The smallest absolute Gasteiger partial charge is 0.122 e. The Morgan fingerprint density at radius 3 is 2.71 bits per heavy atom. The zero-order valence-corrected chi connectivity index (χ0v) is 8.89. The minimum atomic E-state index is -0.987. The molecule has 0 heterocycles. The fourth-order valence-corrected chi connectivity index (χ4v) is 1.57. The van der Waals surface area contributed by atoms with Crippen LogP contribution in [0.2, 0.25) is 5.02 Å². The van der Waals surface area contributed by atoms with E-state index in [9.17, 15) is 4.39 Å². The molecule has 0 saturated carbocycles. The van der Waals surface area contributed by atoms with Crippen LogP contribution in [0, 0.1) is 0 Å². The molecular formula is C11H14ClFO. The van der Waals surface area contributed by atoms with Crippen LogP contribution in [0.3, 0.4) is 0 Å². The summed E-state index contributed by atoms with van der Waals surface area (Å²) in [6, 6.07) is 5.21. The van der Waals surface area contributed by atoms with Crippen LogP contribution < -0.4 is 0 Å². The second-order valence-corrected chi connectivity index (χ2v) is 3.70. The molecular weight excluding hydrogens is 203 g/mol. The maximum Gasteiger partial charge on any atom is 0.122 e. The van der Waals surface area contributed by atoms with Crippen molar-refractivity contribution in [3.63, 3.8) is 0 Å². The van der Waals surface area contributed by atoms with Gasteiger partial charge in [0.05, 0.1) is 0 Å². The number of halogens is 2. The first-order valence-corrected chi connectivity index (χ1v) is 5.06. The summed E-state index contributed by atoms with van der Waals surface area (Å²) in [4.78, 5) is 0. The Balaban J connectivity index is 2.79. The van der Waals surface area contributed by atoms with Crippen LogP contribution in [0.1, 0.15) is 30.6 Å². The van der Waals surface area contributed by atoms with Crippen molar-refractivity contribution in [2.24, 2.45) is 0 Å². The quantitative estimate of drug-likeness (QED) is 0.819. The largest absolute Gasteiger partial charge is 0.396 e. The Kier molecular flexibility index (Phi) is 4.36. The van der Waals surface area contributed by atoms with E-state index in [-0.39, 0.29) is 6.61 Å². The van der Waals surface area contributed by atoms with Gasteiger partial charge in [-0.25, -0.2) is 4.39 Å². The van der Waals surface area contributed by atoms with Gasteiger partial charge in [0, 0.05) is 11.6 Å². The van der Waals surface area contributed by atoms with Crippen molar-refractivity contribution in [2.75, 3.05) is 6.61 Å². The van der Waals surface area contributed by atoms with Crippen molar-refractivity contribution >= 4 is 11.6 Å². The van der Waals surface area contributed by atoms with Crippen LogP contribution in [0.4, 0.5) is 4.39 Å². The summed E-state index contributed by atoms with van der Waals surface area (Å²) < 4.78 is 12.9. The van der Waals surface area contributed by atoms with Gasteiger partial charge in [0.1, 0.15) is 6.17 Å². The number of benzene rings is 1. The maximum absolute atomic E-state index is 12.9. The van der Waals surface area contributed by atoms with Crippen LogP contribution in [-0.4, -0.2) is 11.7 Å². The molecule has 0 bridgehead atoms. The zero-order valence-electron chi connectivity index (χ0n) is 8.13. The van der Waals surface area contributed by atoms with Gasteiger partial charge in [-0.1, -0.05) is 23.7 Å². The third-order valence-corrected chi connectivity index (χ3v) is 2.49. The summed E-state index contributed by atoms with van der Waals surface area (Å²) in [5.74, 6) is 0. The Morgan fingerprint density at radius 1 is 1.50 bits per heavy atom. The van der Waals surface area contributed by atoms with Gasteiger partial charge in [-0.15, -0.1) is 0 Å². The van der Waals surface area contributed by atoms with Crippen LogP contribution in [0.15, 0.2) is 18.2 Å². The van der Waals surface area contributed by atoms with E-state index in [0.717, 1.165) is 12.0 Å². The molecule has 0 fully saturated rings. The predicted octanol–water partition coefficient (Wildman–Crippen LogP) is 3.30. The first-order valence-electron chi connectivity index (χ1n) is 4.68. The highest BCUT2D eigenvalue weighted by atomic mass is 35.5. The van der Waals surface area contributed by atoms with E-state index < -0.39 is 6.17 Å². The third-order valence-electron chi connectivity index (χ3n) is 2.14. The van der Waals surface area contributed by atoms with E-state index in [1.165, 1.54) is 6.92 Å². The SMILES string of the molecule is CC(F)c1ccc(CCCO)c(Cl)c1. The molecule has 1 atom stereocenters. The first kappa shape index (κ1) is 11.5. The number of alkyl halides is 1. The van der Waals surface area contributed by atoms with Gasteiger partial charge in [0.15, 0.2) is 0 Å². The summed E-state index contributed by atoms with van der Waals surface area (Å²) in [7, 11) is 0. The number of aryl methyl sites for hydroxylation is 1. The summed E-state index contributed by atoms with van der Waals surface area (Å²) in [5.41, 5.74) is 1.56. The second kappa shape index (κ2) is 5.32. The molecule has 0 radical (unpaired) electrons. The van der Waals surface area contributed by atoms with E-state index in [1.807, 2.05) is 6.07 Å². The Bertz CT molecular complexity index is 299. The van der Waals surface area contributed by atoms with Crippen LogP contribution in [-0.2, 0) is 6.42 Å².